The predicted molar refractivity (Wildman–Crippen MR) is 82.6 cm³/mol. The van der Waals surface area contributed by atoms with Gasteiger partial charge in [-0.1, -0.05) is 19.6 Å². The Morgan fingerprint density at radius 1 is 1.43 bits per heavy atom. The molecule has 3 N–H and O–H groups in total. The zero-order valence-corrected chi connectivity index (χ0v) is 13.2. The molecule has 0 aliphatic heterocycles. The molecule has 0 aromatic carbocycles. The van der Waals surface area contributed by atoms with Gasteiger partial charge < -0.3 is 20.3 Å². The van der Waals surface area contributed by atoms with Crippen LogP contribution in [-0.4, -0.2) is 40.2 Å². The largest absolute Gasteiger partial charge is 0.495 e. The Morgan fingerprint density at radius 2 is 2.13 bits per heavy atom. The molecular formula is C16H23NO6. The topological polar surface area (TPSA) is 113 Å². The third-order valence-electron chi connectivity index (χ3n) is 4.00. The fourth-order valence-corrected chi connectivity index (χ4v) is 2.50. The monoisotopic (exact) mass is 325 g/mol. The average Bonchev–Trinajstić information content (AvgIpc) is 2.45. The third-order valence-corrected chi connectivity index (χ3v) is 4.00. The van der Waals surface area contributed by atoms with Gasteiger partial charge >= 0.3 is 11.9 Å². The minimum atomic E-state index is -1.43. The van der Waals surface area contributed by atoms with Gasteiger partial charge in [-0.05, 0) is 31.8 Å². The van der Waals surface area contributed by atoms with E-state index in [9.17, 15) is 14.4 Å². The highest BCUT2D eigenvalue weighted by Crippen LogP contribution is 2.33. The van der Waals surface area contributed by atoms with Crippen molar-refractivity contribution in [1.29, 1.82) is 0 Å². The molecule has 1 aliphatic rings. The van der Waals surface area contributed by atoms with Crippen LogP contribution in [0.3, 0.4) is 0 Å². The maximum absolute atomic E-state index is 12.5. The van der Waals surface area contributed by atoms with Gasteiger partial charge in [-0.3, -0.25) is 9.59 Å². The molecule has 23 heavy (non-hydrogen) atoms. The van der Waals surface area contributed by atoms with Crippen molar-refractivity contribution in [2.24, 2.45) is 5.41 Å². The number of carboxylic acids is 2. The number of ether oxygens (including phenoxy) is 1. The minimum Gasteiger partial charge on any atom is -0.495 e. The van der Waals surface area contributed by atoms with Crippen LogP contribution in [0.4, 0.5) is 0 Å². The summed E-state index contributed by atoms with van der Waals surface area (Å²) in [6.45, 7) is 5.27. The first-order valence-electron chi connectivity index (χ1n) is 7.47. The summed E-state index contributed by atoms with van der Waals surface area (Å²) in [5.41, 5.74) is -0.778. The lowest BCUT2D eigenvalue weighted by atomic mass is 9.77. The van der Waals surface area contributed by atoms with Gasteiger partial charge in [0, 0.05) is 5.41 Å². The number of hydrogen-bond donors (Lipinski definition) is 3. The van der Waals surface area contributed by atoms with Crippen LogP contribution in [0.15, 0.2) is 25.0 Å². The molecule has 0 bridgehead atoms. The average molecular weight is 325 g/mol. The van der Waals surface area contributed by atoms with Gasteiger partial charge in [0.25, 0.3) is 0 Å². The lowest BCUT2D eigenvalue weighted by Crippen LogP contribution is -2.48. The molecule has 0 aromatic rings. The Hall–Kier alpha value is -2.31. The van der Waals surface area contributed by atoms with Gasteiger partial charge in [-0.15, -0.1) is 0 Å². The molecule has 0 aromatic heterocycles. The quantitative estimate of drug-likeness (QED) is 0.485. The van der Waals surface area contributed by atoms with E-state index in [1.54, 1.807) is 6.92 Å². The number of hydrogen-bond acceptors (Lipinski definition) is 4. The number of nitrogens with one attached hydrogen (secondary N) is 1. The van der Waals surface area contributed by atoms with Crippen LogP contribution >= 0.6 is 0 Å². The molecule has 1 rings (SSSR count). The van der Waals surface area contributed by atoms with Crippen LogP contribution in [0.1, 0.15) is 39.0 Å². The molecule has 128 valence electrons. The zero-order chi connectivity index (χ0) is 17.5. The Balaban J connectivity index is 2.78. The van der Waals surface area contributed by atoms with Gasteiger partial charge in [0.15, 0.2) is 0 Å². The SMILES string of the molecule is C=CO[C@@H]1/C=C/CC[C@](C)(C(=O)NC(CC(=O)O)C(=O)O)CC1. The molecule has 7 nitrogen and oxygen atoms in total. The zero-order valence-electron chi connectivity index (χ0n) is 13.2. The van der Waals surface area contributed by atoms with E-state index in [1.807, 2.05) is 12.2 Å². The predicted octanol–water partition coefficient (Wildman–Crippen LogP) is 1.70. The van der Waals surface area contributed by atoms with E-state index in [1.165, 1.54) is 6.26 Å². The van der Waals surface area contributed by atoms with E-state index in [2.05, 4.69) is 11.9 Å². The smallest absolute Gasteiger partial charge is 0.326 e. The molecule has 7 heteroatoms. The standard InChI is InChI=1S/C16H23NO6/c1-3-23-11-6-4-5-8-16(2,9-7-11)15(22)17-12(14(20)21)10-13(18)19/h3-4,6,11-12H,1,5,7-10H2,2H3,(H,17,22)(H,18,19)(H,20,21)/b6-4+/t11-,12?,16+/m1/s1. The van der Waals surface area contributed by atoms with Crippen molar-refractivity contribution in [2.45, 2.75) is 51.2 Å². The summed E-state index contributed by atoms with van der Waals surface area (Å²) in [5, 5.41) is 20.1. The van der Waals surface area contributed by atoms with Crippen LogP contribution in [0.2, 0.25) is 0 Å². The van der Waals surface area contributed by atoms with Crippen molar-refractivity contribution in [3.8, 4) is 0 Å². The maximum Gasteiger partial charge on any atom is 0.326 e. The summed E-state index contributed by atoms with van der Waals surface area (Å²) >= 11 is 0. The number of carboxylic acid groups (broad SMARTS) is 2. The molecule has 1 amide bonds. The van der Waals surface area contributed by atoms with Crippen molar-refractivity contribution in [2.75, 3.05) is 0 Å². The van der Waals surface area contributed by atoms with Crippen molar-refractivity contribution in [1.82, 2.24) is 5.32 Å². The Kier molecular flexibility index (Phi) is 6.81. The van der Waals surface area contributed by atoms with E-state index in [0.29, 0.717) is 25.7 Å². The highest BCUT2D eigenvalue weighted by Gasteiger charge is 2.36. The molecule has 0 saturated carbocycles. The Labute approximate surface area is 135 Å². The van der Waals surface area contributed by atoms with Crippen LogP contribution in [-0.2, 0) is 19.1 Å². The maximum atomic E-state index is 12.5. The van der Waals surface area contributed by atoms with Crippen molar-refractivity contribution in [3.63, 3.8) is 0 Å². The minimum absolute atomic E-state index is 0.172. The first kappa shape index (κ1) is 18.7. The lowest BCUT2D eigenvalue weighted by Gasteiger charge is -2.31. The molecule has 1 aliphatic carbocycles. The van der Waals surface area contributed by atoms with Crippen molar-refractivity contribution in [3.05, 3.63) is 25.0 Å². The van der Waals surface area contributed by atoms with E-state index in [-0.39, 0.29) is 6.10 Å². The normalized spacial score (nSPS) is 26.9. The molecule has 1 unspecified atom stereocenters. The number of aliphatic carboxylic acids is 2. The van der Waals surface area contributed by atoms with E-state index >= 15 is 0 Å². The first-order chi connectivity index (χ1) is 10.8. The molecule has 0 saturated heterocycles. The number of amides is 1. The van der Waals surface area contributed by atoms with Gasteiger partial charge in [-0.25, -0.2) is 4.79 Å². The molecule has 3 atom stereocenters. The lowest BCUT2D eigenvalue weighted by molar-refractivity contribution is -0.148. The highest BCUT2D eigenvalue weighted by molar-refractivity contribution is 5.89. The number of allylic oxidation sites excluding steroid dienone is 1. The second kappa shape index (κ2) is 8.36. The fourth-order valence-electron chi connectivity index (χ4n) is 2.50. The molecule has 0 radical (unpaired) electrons. The second-order valence-electron chi connectivity index (χ2n) is 5.87. The van der Waals surface area contributed by atoms with Crippen LogP contribution in [0, 0.1) is 5.41 Å². The van der Waals surface area contributed by atoms with Crippen LogP contribution in [0.5, 0.6) is 0 Å². The molecule has 0 fully saturated rings. The van der Waals surface area contributed by atoms with Crippen LogP contribution < -0.4 is 5.32 Å². The molecule has 0 heterocycles. The Bertz CT molecular complexity index is 501. The molecular weight excluding hydrogens is 302 g/mol. The summed E-state index contributed by atoms with van der Waals surface area (Å²) in [6, 6.07) is -1.43. The summed E-state index contributed by atoms with van der Waals surface area (Å²) in [5.74, 6) is -3.08. The van der Waals surface area contributed by atoms with Crippen LogP contribution in [0.25, 0.3) is 0 Å². The van der Waals surface area contributed by atoms with Gasteiger partial charge in [-0.2, -0.15) is 0 Å². The van der Waals surface area contributed by atoms with Gasteiger partial charge in [0.2, 0.25) is 5.91 Å². The van der Waals surface area contributed by atoms with E-state index < -0.39 is 35.7 Å². The first-order valence-corrected chi connectivity index (χ1v) is 7.47. The number of carbonyl (C=O) groups is 3. The van der Waals surface area contributed by atoms with E-state index in [0.717, 1.165) is 0 Å². The number of carbonyl (C=O) groups excluding carboxylic acids is 1. The van der Waals surface area contributed by atoms with Crippen molar-refractivity contribution >= 4 is 17.8 Å². The fraction of sp³-hybridized carbons (Fsp3) is 0.562. The van der Waals surface area contributed by atoms with Gasteiger partial charge in [0.1, 0.15) is 12.1 Å². The summed E-state index contributed by atoms with van der Waals surface area (Å²) in [7, 11) is 0. The van der Waals surface area contributed by atoms with Crippen molar-refractivity contribution < 1.29 is 29.3 Å². The third kappa shape index (κ3) is 5.77. The molecule has 0 spiro atoms. The number of rotatable bonds is 7. The van der Waals surface area contributed by atoms with E-state index in [4.69, 9.17) is 14.9 Å². The van der Waals surface area contributed by atoms with Gasteiger partial charge in [0.05, 0.1) is 12.7 Å². The highest BCUT2D eigenvalue weighted by atomic mass is 16.5. The Morgan fingerprint density at radius 3 is 2.70 bits per heavy atom. The summed E-state index contributed by atoms with van der Waals surface area (Å²) in [4.78, 5) is 34.3. The summed E-state index contributed by atoms with van der Waals surface area (Å²) in [6.07, 6.45) is 6.65. The summed E-state index contributed by atoms with van der Waals surface area (Å²) < 4.78 is 5.34. The second-order valence-corrected chi connectivity index (χ2v) is 5.87.